The number of rotatable bonds is 5. The van der Waals surface area contributed by atoms with Crippen LogP contribution in [0.1, 0.15) is 19.8 Å². The fourth-order valence-corrected chi connectivity index (χ4v) is 4.30. The molecule has 1 aromatic rings. The largest absolute Gasteiger partial charge is 0.329 e. The van der Waals surface area contributed by atoms with Crippen molar-refractivity contribution in [3.8, 4) is 0 Å². The molecule has 114 valence electrons. The Labute approximate surface area is 135 Å². The number of nitrogens with one attached hydrogen (secondary N) is 1. The van der Waals surface area contributed by atoms with Crippen molar-refractivity contribution >= 4 is 45.6 Å². The normalized spacial score (nSPS) is 18.2. The molecular weight excluding hydrogens is 343 g/mol. The van der Waals surface area contributed by atoms with E-state index in [0.29, 0.717) is 0 Å². The first-order valence-electron chi connectivity index (χ1n) is 5.98. The van der Waals surface area contributed by atoms with E-state index >= 15 is 0 Å². The van der Waals surface area contributed by atoms with Gasteiger partial charge in [-0.3, -0.25) is 0 Å². The molecule has 0 spiro atoms. The predicted molar refractivity (Wildman–Crippen MR) is 84.2 cm³/mol. The van der Waals surface area contributed by atoms with Crippen molar-refractivity contribution < 1.29 is 8.42 Å². The Bertz CT molecular complexity index is 590. The second kappa shape index (κ2) is 6.38. The van der Waals surface area contributed by atoms with Crippen LogP contribution >= 0.6 is 35.6 Å². The summed E-state index contributed by atoms with van der Waals surface area (Å²) < 4.78 is 27.5. The van der Waals surface area contributed by atoms with Gasteiger partial charge in [-0.2, -0.15) is 0 Å². The zero-order valence-corrected chi connectivity index (χ0v) is 14.0. The number of sulfonamides is 1. The molecular formula is C12H17Cl3N2O2S. The maximum atomic E-state index is 12.4. The first kappa shape index (κ1) is 18.0. The van der Waals surface area contributed by atoms with Crippen LogP contribution in [0.2, 0.25) is 10.0 Å². The highest BCUT2D eigenvalue weighted by atomic mass is 35.5. The molecule has 1 aliphatic rings. The Kier molecular flexibility index (Phi) is 5.75. The molecule has 3 N–H and O–H groups in total. The lowest BCUT2D eigenvalue weighted by Gasteiger charge is -2.29. The fraction of sp³-hybridized carbons (Fsp3) is 0.500. The van der Waals surface area contributed by atoms with E-state index in [1.165, 1.54) is 6.07 Å². The zero-order chi connectivity index (χ0) is 14.3. The van der Waals surface area contributed by atoms with Gasteiger partial charge in [-0.15, -0.1) is 12.4 Å². The number of hydrogen-bond donors (Lipinski definition) is 2. The topological polar surface area (TPSA) is 72.2 Å². The number of nitrogens with two attached hydrogens (primary N) is 1. The highest BCUT2D eigenvalue weighted by molar-refractivity contribution is 7.89. The minimum Gasteiger partial charge on any atom is -0.329 e. The summed E-state index contributed by atoms with van der Waals surface area (Å²) in [5, 5.41) is 0.247. The third-order valence-electron chi connectivity index (χ3n) is 3.48. The summed E-state index contributed by atoms with van der Waals surface area (Å²) >= 11 is 11.8. The van der Waals surface area contributed by atoms with Gasteiger partial charge in [0, 0.05) is 12.1 Å². The summed E-state index contributed by atoms with van der Waals surface area (Å²) in [7, 11) is -3.73. The van der Waals surface area contributed by atoms with Gasteiger partial charge in [-0.25, -0.2) is 13.1 Å². The molecule has 0 aromatic heterocycles. The molecule has 1 aliphatic carbocycles. The molecule has 8 heteroatoms. The van der Waals surface area contributed by atoms with Gasteiger partial charge >= 0.3 is 0 Å². The zero-order valence-electron chi connectivity index (χ0n) is 10.9. The Hall–Kier alpha value is -0.0400. The van der Waals surface area contributed by atoms with E-state index in [1.807, 2.05) is 6.92 Å². The van der Waals surface area contributed by atoms with Crippen LogP contribution < -0.4 is 10.5 Å². The van der Waals surface area contributed by atoms with Crippen LogP contribution in [-0.4, -0.2) is 20.5 Å². The molecule has 20 heavy (non-hydrogen) atoms. The second-order valence-corrected chi connectivity index (χ2v) is 7.49. The molecule has 2 rings (SSSR count). The summed E-state index contributed by atoms with van der Waals surface area (Å²) in [5.74, 6) is 0.283. The summed E-state index contributed by atoms with van der Waals surface area (Å²) in [6.07, 6.45) is 1.97. The molecule has 1 aromatic carbocycles. The minimum atomic E-state index is -3.73. The predicted octanol–water partition coefficient (Wildman–Crippen LogP) is 2.82. The molecule has 0 aliphatic heterocycles. The number of benzene rings is 1. The number of halogens is 3. The lowest BCUT2D eigenvalue weighted by Crippen LogP contribution is -2.53. The molecule has 0 bridgehead atoms. The van der Waals surface area contributed by atoms with Gasteiger partial charge in [0.05, 0.1) is 10.0 Å². The van der Waals surface area contributed by atoms with Gasteiger partial charge in [-0.1, -0.05) is 29.3 Å². The van der Waals surface area contributed by atoms with E-state index in [2.05, 4.69) is 4.72 Å². The van der Waals surface area contributed by atoms with E-state index in [4.69, 9.17) is 28.9 Å². The van der Waals surface area contributed by atoms with Gasteiger partial charge in [0.15, 0.2) is 0 Å². The van der Waals surface area contributed by atoms with Crippen LogP contribution in [0.25, 0.3) is 0 Å². The minimum absolute atomic E-state index is 0. The lowest BCUT2D eigenvalue weighted by atomic mass is 9.98. The average molecular weight is 360 g/mol. The molecule has 0 heterocycles. The van der Waals surface area contributed by atoms with Crippen LogP contribution in [0.5, 0.6) is 0 Å². The van der Waals surface area contributed by atoms with Crippen molar-refractivity contribution in [2.24, 2.45) is 11.7 Å². The van der Waals surface area contributed by atoms with Crippen molar-refractivity contribution in [1.29, 1.82) is 0 Å². The summed E-state index contributed by atoms with van der Waals surface area (Å²) in [6, 6.07) is 4.53. The van der Waals surface area contributed by atoms with Crippen LogP contribution in [0, 0.1) is 5.92 Å². The Morgan fingerprint density at radius 2 is 2.00 bits per heavy atom. The van der Waals surface area contributed by atoms with Gasteiger partial charge in [0.25, 0.3) is 0 Å². The third-order valence-corrected chi connectivity index (χ3v) is 6.06. The molecule has 1 saturated carbocycles. The molecule has 0 saturated heterocycles. The first-order chi connectivity index (χ1) is 8.80. The summed E-state index contributed by atoms with van der Waals surface area (Å²) in [6.45, 7) is 2.07. The van der Waals surface area contributed by atoms with E-state index < -0.39 is 15.6 Å². The summed E-state index contributed by atoms with van der Waals surface area (Å²) in [4.78, 5) is -0.0120. The lowest BCUT2D eigenvalue weighted by molar-refractivity contribution is 0.374. The van der Waals surface area contributed by atoms with E-state index in [-0.39, 0.29) is 39.8 Å². The highest BCUT2D eigenvalue weighted by Crippen LogP contribution is 2.40. The standard InChI is InChI=1S/C12H16Cl2N2O2S.ClH/c1-12(7-15,8-5-6-8)16-19(17,18)10-4-2-3-9(13)11(10)14;/h2-4,8,16H,5-7,15H2,1H3;1H. The van der Waals surface area contributed by atoms with Crippen LogP contribution in [-0.2, 0) is 10.0 Å². The highest BCUT2D eigenvalue weighted by Gasteiger charge is 2.43. The monoisotopic (exact) mass is 358 g/mol. The van der Waals surface area contributed by atoms with Crippen molar-refractivity contribution in [1.82, 2.24) is 4.72 Å². The van der Waals surface area contributed by atoms with Gasteiger partial charge in [0.2, 0.25) is 10.0 Å². The quantitative estimate of drug-likeness (QED) is 0.849. The van der Waals surface area contributed by atoms with Gasteiger partial charge < -0.3 is 5.73 Å². The van der Waals surface area contributed by atoms with E-state index in [9.17, 15) is 8.42 Å². The average Bonchev–Trinajstić information content (AvgIpc) is 3.16. The Morgan fingerprint density at radius 1 is 1.40 bits per heavy atom. The maximum absolute atomic E-state index is 12.4. The Balaban J connectivity index is 0.00000200. The molecule has 1 fully saturated rings. The molecule has 1 atom stereocenters. The van der Waals surface area contributed by atoms with Gasteiger partial charge in [0.1, 0.15) is 4.90 Å². The third kappa shape index (κ3) is 3.59. The Morgan fingerprint density at radius 3 is 2.50 bits per heavy atom. The van der Waals surface area contributed by atoms with Crippen LogP contribution in [0.4, 0.5) is 0 Å². The number of hydrogen-bond acceptors (Lipinski definition) is 3. The van der Waals surface area contributed by atoms with E-state index in [1.54, 1.807) is 12.1 Å². The van der Waals surface area contributed by atoms with Crippen molar-refractivity contribution in [3.63, 3.8) is 0 Å². The van der Waals surface area contributed by atoms with Crippen molar-refractivity contribution in [2.75, 3.05) is 6.54 Å². The molecule has 1 unspecified atom stereocenters. The fourth-order valence-electron chi connectivity index (χ4n) is 2.07. The van der Waals surface area contributed by atoms with Crippen LogP contribution in [0.3, 0.4) is 0 Å². The second-order valence-electron chi connectivity index (χ2n) is 5.05. The summed E-state index contributed by atoms with van der Waals surface area (Å²) in [5.41, 5.74) is 5.08. The molecule has 0 radical (unpaired) electrons. The molecule has 0 amide bonds. The van der Waals surface area contributed by atoms with Crippen molar-refractivity contribution in [3.05, 3.63) is 28.2 Å². The van der Waals surface area contributed by atoms with Gasteiger partial charge in [-0.05, 0) is 37.8 Å². The SMILES string of the molecule is CC(CN)(NS(=O)(=O)c1cccc(Cl)c1Cl)C1CC1.Cl. The molecule has 4 nitrogen and oxygen atoms in total. The first-order valence-corrected chi connectivity index (χ1v) is 8.22. The van der Waals surface area contributed by atoms with E-state index in [0.717, 1.165) is 12.8 Å². The smallest absolute Gasteiger partial charge is 0.242 e. The maximum Gasteiger partial charge on any atom is 0.242 e. The van der Waals surface area contributed by atoms with Crippen LogP contribution in [0.15, 0.2) is 23.1 Å². The van der Waals surface area contributed by atoms with Crippen molar-refractivity contribution in [2.45, 2.75) is 30.2 Å².